The number of piperidine rings is 1. The van der Waals surface area contributed by atoms with Gasteiger partial charge in [0.1, 0.15) is 5.01 Å². The van der Waals surface area contributed by atoms with Gasteiger partial charge in [-0.1, -0.05) is 0 Å². The first-order valence-electron chi connectivity index (χ1n) is 5.03. The van der Waals surface area contributed by atoms with Gasteiger partial charge in [-0.05, 0) is 33.0 Å². The summed E-state index contributed by atoms with van der Waals surface area (Å²) in [5, 5.41) is 3.36. The molecule has 1 aliphatic rings. The lowest BCUT2D eigenvalue weighted by molar-refractivity contribution is 0.253. The van der Waals surface area contributed by atoms with Gasteiger partial charge in [-0.2, -0.15) is 12.6 Å². The maximum absolute atomic E-state index is 4.60. The summed E-state index contributed by atoms with van der Waals surface area (Å²) in [5.74, 6) is 1.47. The molecule has 0 N–H and O–H groups in total. The van der Waals surface area contributed by atoms with E-state index in [1.165, 1.54) is 31.6 Å². The molecule has 0 radical (unpaired) electrons. The Morgan fingerprint density at radius 2 is 2.29 bits per heavy atom. The van der Waals surface area contributed by atoms with E-state index in [-0.39, 0.29) is 0 Å². The molecule has 1 saturated heterocycles. The van der Waals surface area contributed by atoms with Crippen molar-refractivity contribution in [3.05, 3.63) is 16.1 Å². The van der Waals surface area contributed by atoms with E-state index in [1.807, 2.05) is 0 Å². The van der Waals surface area contributed by atoms with Crippen LogP contribution in [-0.2, 0) is 5.75 Å². The van der Waals surface area contributed by atoms with E-state index in [9.17, 15) is 0 Å². The van der Waals surface area contributed by atoms with E-state index in [4.69, 9.17) is 0 Å². The first-order chi connectivity index (χ1) is 6.79. The third-order valence-electron chi connectivity index (χ3n) is 2.84. The van der Waals surface area contributed by atoms with Crippen LogP contribution in [0.15, 0.2) is 5.38 Å². The number of nitrogens with zero attached hydrogens (tertiary/aromatic N) is 2. The Morgan fingerprint density at radius 3 is 2.86 bits per heavy atom. The van der Waals surface area contributed by atoms with Crippen LogP contribution in [0.4, 0.5) is 0 Å². The molecule has 2 nitrogen and oxygen atoms in total. The minimum atomic E-state index is 0.691. The van der Waals surface area contributed by atoms with Crippen LogP contribution in [0.1, 0.15) is 29.5 Å². The minimum Gasteiger partial charge on any atom is -0.306 e. The van der Waals surface area contributed by atoms with Gasteiger partial charge >= 0.3 is 0 Å². The van der Waals surface area contributed by atoms with Crippen molar-refractivity contribution in [2.24, 2.45) is 0 Å². The monoisotopic (exact) mass is 228 g/mol. The smallest absolute Gasteiger partial charge is 0.102 e. The van der Waals surface area contributed by atoms with E-state index in [2.05, 4.69) is 34.9 Å². The predicted octanol–water partition coefficient (Wildman–Crippen LogP) is 2.38. The van der Waals surface area contributed by atoms with Crippen LogP contribution in [-0.4, -0.2) is 30.0 Å². The quantitative estimate of drug-likeness (QED) is 0.782. The maximum atomic E-state index is 4.60. The van der Waals surface area contributed by atoms with Crippen molar-refractivity contribution in [3.63, 3.8) is 0 Å². The van der Waals surface area contributed by atoms with Gasteiger partial charge in [0, 0.05) is 17.1 Å². The zero-order valence-corrected chi connectivity index (χ0v) is 10.2. The van der Waals surface area contributed by atoms with Crippen molar-refractivity contribution < 1.29 is 0 Å². The van der Waals surface area contributed by atoms with E-state index in [1.54, 1.807) is 11.3 Å². The van der Waals surface area contributed by atoms with Gasteiger partial charge in [-0.15, -0.1) is 11.3 Å². The Labute approximate surface area is 94.8 Å². The summed E-state index contributed by atoms with van der Waals surface area (Å²) in [4.78, 5) is 6.99. The second-order valence-corrected chi connectivity index (χ2v) is 5.16. The van der Waals surface area contributed by atoms with Crippen molar-refractivity contribution in [3.8, 4) is 0 Å². The molecule has 0 bridgehead atoms. The lowest BCUT2D eigenvalue weighted by atomic mass is 9.95. The highest BCUT2D eigenvalue weighted by atomic mass is 32.1. The number of likely N-dealkylation sites (tertiary alicyclic amines) is 1. The largest absolute Gasteiger partial charge is 0.306 e. The summed E-state index contributed by atoms with van der Waals surface area (Å²) in [6, 6.07) is 0. The zero-order valence-electron chi connectivity index (χ0n) is 8.44. The molecule has 4 heteroatoms. The van der Waals surface area contributed by atoms with Crippen LogP contribution in [0, 0.1) is 0 Å². The predicted molar refractivity (Wildman–Crippen MR) is 64.3 cm³/mol. The van der Waals surface area contributed by atoms with Crippen molar-refractivity contribution in [1.82, 2.24) is 9.88 Å². The van der Waals surface area contributed by atoms with Gasteiger partial charge in [0.25, 0.3) is 0 Å². The fourth-order valence-corrected chi connectivity index (χ4v) is 2.92. The number of thiazole rings is 1. The van der Waals surface area contributed by atoms with Crippen LogP contribution in [0.5, 0.6) is 0 Å². The Balaban J connectivity index is 2.01. The van der Waals surface area contributed by atoms with Crippen molar-refractivity contribution in [2.45, 2.75) is 24.5 Å². The summed E-state index contributed by atoms with van der Waals surface area (Å²) < 4.78 is 0. The molecule has 0 spiro atoms. The van der Waals surface area contributed by atoms with Gasteiger partial charge in [0.05, 0.1) is 5.69 Å². The van der Waals surface area contributed by atoms with Crippen molar-refractivity contribution >= 4 is 24.0 Å². The molecule has 0 aromatic carbocycles. The highest BCUT2D eigenvalue weighted by Gasteiger charge is 2.20. The van der Waals surface area contributed by atoms with Crippen LogP contribution in [0.2, 0.25) is 0 Å². The number of hydrogen-bond acceptors (Lipinski definition) is 4. The average molecular weight is 228 g/mol. The minimum absolute atomic E-state index is 0.691. The molecule has 1 aromatic rings. The molecule has 1 aliphatic heterocycles. The Kier molecular flexibility index (Phi) is 3.47. The van der Waals surface area contributed by atoms with E-state index >= 15 is 0 Å². The Bertz CT molecular complexity index is 290. The van der Waals surface area contributed by atoms with Crippen LogP contribution in [0.25, 0.3) is 0 Å². The first kappa shape index (κ1) is 10.5. The van der Waals surface area contributed by atoms with Crippen LogP contribution in [0.3, 0.4) is 0 Å². The molecule has 1 fully saturated rings. The van der Waals surface area contributed by atoms with Crippen LogP contribution >= 0.6 is 24.0 Å². The molecule has 0 atom stereocenters. The molecule has 0 aliphatic carbocycles. The van der Waals surface area contributed by atoms with Gasteiger partial charge in [0.2, 0.25) is 0 Å². The van der Waals surface area contributed by atoms with Gasteiger partial charge in [0.15, 0.2) is 0 Å². The highest BCUT2D eigenvalue weighted by molar-refractivity contribution is 7.79. The average Bonchev–Trinajstić information content (AvgIpc) is 2.67. The molecule has 0 saturated carbocycles. The second-order valence-electron chi connectivity index (χ2n) is 3.90. The second kappa shape index (κ2) is 4.64. The standard InChI is InChI=1S/C10H16N2S2/c1-12-4-2-8(3-5-12)9-7-14-10(6-13)11-9/h7-8,13H,2-6H2,1H3. The van der Waals surface area contributed by atoms with Crippen molar-refractivity contribution in [1.29, 1.82) is 0 Å². The number of aromatic nitrogens is 1. The third-order valence-corrected chi connectivity index (χ3v) is 4.22. The van der Waals surface area contributed by atoms with Crippen molar-refractivity contribution in [2.75, 3.05) is 20.1 Å². The fraction of sp³-hybridized carbons (Fsp3) is 0.700. The summed E-state index contributed by atoms with van der Waals surface area (Å²) in [7, 11) is 2.19. The van der Waals surface area contributed by atoms with Gasteiger partial charge < -0.3 is 4.90 Å². The van der Waals surface area contributed by atoms with Gasteiger partial charge in [-0.25, -0.2) is 4.98 Å². The first-order valence-corrected chi connectivity index (χ1v) is 6.54. The molecule has 14 heavy (non-hydrogen) atoms. The Hall–Kier alpha value is -0.0600. The van der Waals surface area contributed by atoms with E-state index in [0.29, 0.717) is 5.92 Å². The third kappa shape index (κ3) is 2.30. The summed E-state index contributed by atoms with van der Waals surface area (Å²) in [6.45, 7) is 2.41. The fourth-order valence-electron chi connectivity index (χ4n) is 1.89. The number of rotatable bonds is 2. The number of hydrogen-bond donors (Lipinski definition) is 1. The Morgan fingerprint density at radius 1 is 1.57 bits per heavy atom. The molecule has 2 heterocycles. The topological polar surface area (TPSA) is 16.1 Å². The van der Waals surface area contributed by atoms with E-state index in [0.717, 1.165) is 10.8 Å². The maximum Gasteiger partial charge on any atom is 0.102 e. The highest BCUT2D eigenvalue weighted by Crippen LogP contribution is 2.28. The lowest BCUT2D eigenvalue weighted by Gasteiger charge is -2.27. The van der Waals surface area contributed by atoms with Gasteiger partial charge in [-0.3, -0.25) is 0 Å². The molecule has 0 amide bonds. The summed E-state index contributed by atoms with van der Waals surface area (Å²) >= 11 is 5.98. The summed E-state index contributed by atoms with van der Waals surface area (Å²) in [6.07, 6.45) is 2.51. The zero-order chi connectivity index (χ0) is 9.97. The molecule has 2 rings (SSSR count). The molecule has 0 unspecified atom stereocenters. The molecular formula is C10H16N2S2. The molecule has 1 aromatic heterocycles. The van der Waals surface area contributed by atoms with E-state index < -0.39 is 0 Å². The summed E-state index contributed by atoms with van der Waals surface area (Å²) in [5.41, 5.74) is 1.30. The molecular weight excluding hydrogens is 212 g/mol. The van der Waals surface area contributed by atoms with Crippen LogP contribution < -0.4 is 0 Å². The lowest BCUT2D eigenvalue weighted by Crippen LogP contribution is -2.29. The molecule has 78 valence electrons. The normalized spacial score (nSPS) is 20.1. The number of thiol groups is 1. The SMILES string of the molecule is CN1CCC(c2csc(CS)n2)CC1.